The highest BCUT2D eigenvalue weighted by atomic mass is 32.2. The van der Waals surface area contributed by atoms with Gasteiger partial charge < -0.3 is 5.32 Å². The van der Waals surface area contributed by atoms with Gasteiger partial charge in [-0.15, -0.1) is 0 Å². The third-order valence-corrected chi connectivity index (χ3v) is 4.40. The largest absolute Gasteiger partial charge is 0.308 e. The first-order valence-corrected chi connectivity index (χ1v) is 7.26. The van der Waals surface area contributed by atoms with Gasteiger partial charge in [-0.05, 0) is 31.1 Å². The molecule has 4 heteroatoms. The van der Waals surface area contributed by atoms with Crippen molar-refractivity contribution in [3.8, 4) is 0 Å². The summed E-state index contributed by atoms with van der Waals surface area (Å²) >= 11 is 2.12. The molecule has 2 unspecified atom stereocenters. The van der Waals surface area contributed by atoms with Gasteiger partial charge >= 0.3 is 0 Å². The fourth-order valence-corrected chi connectivity index (χ4v) is 3.53. The first-order chi connectivity index (χ1) is 7.88. The SMILES string of the molecule is CCSC1CCCC(NCc2ccn[nH]2)C1. The van der Waals surface area contributed by atoms with Crippen molar-refractivity contribution in [1.82, 2.24) is 15.5 Å². The highest BCUT2D eigenvalue weighted by molar-refractivity contribution is 7.99. The smallest absolute Gasteiger partial charge is 0.0490 e. The summed E-state index contributed by atoms with van der Waals surface area (Å²) < 4.78 is 0. The van der Waals surface area contributed by atoms with Gasteiger partial charge in [-0.2, -0.15) is 16.9 Å². The molecule has 0 aromatic carbocycles. The zero-order valence-corrected chi connectivity index (χ0v) is 10.7. The van der Waals surface area contributed by atoms with E-state index in [1.54, 1.807) is 0 Å². The Morgan fingerprint density at radius 3 is 3.25 bits per heavy atom. The third-order valence-electron chi connectivity index (χ3n) is 3.17. The summed E-state index contributed by atoms with van der Waals surface area (Å²) in [6.45, 7) is 3.18. The van der Waals surface area contributed by atoms with Crippen molar-refractivity contribution in [2.24, 2.45) is 0 Å². The predicted molar refractivity (Wildman–Crippen MR) is 69.6 cm³/mol. The van der Waals surface area contributed by atoms with Gasteiger partial charge in [-0.3, -0.25) is 5.10 Å². The molecule has 0 amide bonds. The van der Waals surface area contributed by atoms with Gasteiger partial charge in [-0.25, -0.2) is 0 Å². The highest BCUT2D eigenvalue weighted by Gasteiger charge is 2.21. The molecule has 2 N–H and O–H groups in total. The van der Waals surface area contributed by atoms with E-state index in [9.17, 15) is 0 Å². The molecule has 0 radical (unpaired) electrons. The molecular weight excluding hydrogens is 218 g/mol. The third kappa shape index (κ3) is 3.52. The number of hydrogen-bond donors (Lipinski definition) is 2. The molecule has 1 aliphatic carbocycles. The maximum atomic E-state index is 3.96. The van der Waals surface area contributed by atoms with E-state index in [-0.39, 0.29) is 0 Å². The molecule has 0 bridgehead atoms. The van der Waals surface area contributed by atoms with Crippen LogP contribution < -0.4 is 5.32 Å². The number of nitrogens with one attached hydrogen (secondary N) is 2. The Morgan fingerprint density at radius 1 is 1.56 bits per heavy atom. The molecule has 1 saturated carbocycles. The van der Waals surface area contributed by atoms with Crippen LogP contribution in [-0.2, 0) is 6.54 Å². The Kier molecular flexibility index (Phi) is 4.72. The number of rotatable bonds is 5. The quantitative estimate of drug-likeness (QED) is 0.829. The number of hydrogen-bond acceptors (Lipinski definition) is 3. The summed E-state index contributed by atoms with van der Waals surface area (Å²) in [6.07, 6.45) is 7.24. The molecule has 90 valence electrons. The van der Waals surface area contributed by atoms with Gasteiger partial charge in [0.25, 0.3) is 0 Å². The Bertz CT molecular complexity index is 284. The van der Waals surface area contributed by atoms with Gasteiger partial charge in [0.15, 0.2) is 0 Å². The monoisotopic (exact) mass is 239 g/mol. The Labute approximate surface area is 102 Å². The van der Waals surface area contributed by atoms with Crippen LogP contribution in [0.1, 0.15) is 38.3 Å². The van der Waals surface area contributed by atoms with Crippen LogP contribution in [-0.4, -0.2) is 27.2 Å². The topological polar surface area (TPSA) is 40.7 Å². The van der Waals surface area contributed by atoms with Crippen LogP contribution >= 0.6 is 11.8 Å². The average molecular weight is 239 g/mol. The molecule has 16 heavy (non-hydrogen) atoms. The Morgan fingerprint density at radius 2 is 2.50 bits per heavy atom. The fourth-order valence-electron chi connectivity index (χ4n) is 2.35. The van der Waals surface area contributed by atoms with E-state index >= 15 is 0 Å². The van der Waals surface area contributed by atoms with E-state index in [0.717, 1.165) is 11.8 Å². The molecule has 1 fully saturated rings. The van der Waals surface area contributed by atoms with Crippen LogP contribution in [0, 0.1) is 0 Å². The van der Waals surface area contributed by atoms with Crippen molar-refractivity contribution in [2.45, 2.75) is 50.4 Å². The number of H-pyrrole nitrogens is 1. The van der Waals surface area contributed by atoms with Gasteiger partial charge in [0.05, 0.1) is 0 Å². The van der Waals surface area contributed by atoms with Crippen LogP contribution in [0.15, 0.2) is 12.3 Å². The fraction of sp³-hybridized carbons (Fsp3) is 0.750. The summed E-state index contributed by atoms with van der Waals surface area (Å²) in [5.74, 6) is 1.25. The molecule has 2 atom stereocenters. The number of thioether (sulfide) groups is 1. The molecular formula is C12H21N3S. The number of nitrogens with zero attached hydrogens (tertiary/aromatic N) is 1. The second-order valence-corrected chi connectivity index (χ2v) is 5.98. The molecule has 3 nitrogen and oxygen atoms in total. The molecule has 1 aliphatic rings. The minimum atomic E-state index is 0.695. The molecule has 1 aromatic rings. The van der Waals surface area contributed by atoms with Crippen molar-refractivity contribution >= 4 is 11.8 Å². The van der Waals surface area contributed by atoms with Crippen molar-refractivity contribution in [2.75, 3.05) is 5.75 Å². The van der Waals surface area contributed by atoms with Crippen LogP contribution in [0.5, 0.6) is 0 Å². The van der Waals surface area contributed by atoms with E-state index < -0.39 is 0 Å². The Balaban J connectivity index is 1.72. The van der Waals surface area contributed by atoms with E-state index in [0.29, 0.717) is 6.04 Å². The minimum Gasteiger partial charge on any atom is -0.308 e. The standard InChI is InChI=1S/C12H21N3S/c1-2-16-12-5-3-4-10(8-12)13-9-11-6-7-14-15-11/h6-7,10,12-13H,2-5,8-9H2,1H3,(H,14,15). The van der Waals surface area contributed by atoms with E-state index in [2.05, 4.69) is 34.2 Å². The van der Waals surface area contributed by atoms with Crippen molar-refractivity contribution in [3.05, 3.63) is 18.0 Å². The van der Waals surface area contributed by atoms with Crippen LogP contribution in [0.3, 0.4) is 0 Å². The number of aromatic amines is 1. The van der Waals surface area contributed by atoms with Gasteiger partial charge in [0.2, 0.25) is 0 Å². The zero-order valence-electron chi connectivity index (χ0n) is 9.91. The minimum absolute atomic E-state index is 0.695. The lowest BCUT2D eigenvalue weighted by molar-refractivity contribution is 0.378. The van der Waals surface area contributed by atoms with Crippen molar-refractivity contribution in [1.29, 1.82) is 0 Å². The molecule has 1 aromatic heterocycles. The first kappa shape index (κ1) is 12.0. The summed E-state index contributed by atoms with van der Waals surface area (Å²) in [4.78, 5) is 0. The first-order valence-electron chi connectivity index (χ1n) is 6.21. The van der Waals surface area contributed by atoms with E-state index in [4.69, 9.17) is 0 Å². The summed E-state index contributed by atoms with van der Waals surface area (Å²) in [6, 6.07) is 2.73. The zero-order chi connectivity index (χ0) is 11.2. The number of aromatic nitrogens is 2. The molecule has 0 spiro atoms. The maximum absolute atomic E-state index is 3.96. The maximum Gasteiger partial charge on any atom is 0.0490 e. The lowest BCUT2D eigenvalue weighted by Gasteiger charge is -2.29. The summed E-state index contributed by atoms with van der Waals surface area (Å²) in [7, 11) is 0. The van der Waals surface area contributed by atoms with Crippen LogP contribution in [0.25, 0.3) is 0 Å². The predicted octanol–water partition coefficient (Wildman–Crippen LogP) is 2.56. The Hall–Kier alpha value is -0.480. The lowest BCUT2D eigenvalue weighted by atomic mass is 9.95. The van der Waals surface area contributed by atoms with Gasteiger partial charge in [-0.1, -0.05) is 13.3 Å². The highest BCUT2D eigenvalue weighted by Crippen LogP contribution is 2.28. The van der Waals surface area contributed by atoms with Gasteiger partial charge in [0.1, 0.15) is 0 Å². The molecule has 0 saturated heterocycles. The van der Waals surface area contributed by atoms with Crippen molar-refractivity contribution < 1.29 is 0 Å². The molecule has 1 heterocycles. The molecule has 0 aliphatic heterocycles. The van der Waals surface area contributed by atoms with Crippen molar-refractivity contribution in [3.63, 3.8) is 0 Å². The second-order valence-electron chi connectivity index (χ2n) is 4.40. The van der Waals surface area contributed by atoms with Crippen LogP contribution in [0.2, 0.25) is 0 Å². The van der Waals surface area contributed by atoms with Crippen LogP contribution in [0.4, 0.5) is 0 Å². The summed E-state index contributed by atoms with van der Waals surface area (Å²) in [5.41, 5.74) is 1.19. The van der Waals surface area contributed by atoms with E-state index in [1.165, 1.54) is 37.1 Å². The molecule has 2 rings (SSSR count). The normalized spacial score (nSPS) is 25.8. The average Bonchev–Trinajstić information content (AvgIpc) is 2.80. The lowest BCUT2D eigenvalue weighted by Crippen LogP contribution is -2.34. The van der Waals surface area contributed by atoms with E-state index in [1.807, 2.05) is 12.3 Å². The summed E-state index contributed by atoms with van der Waals surface area (Å²) in [5, 5.41) is 11.5. The van der Waals surface area contributed by atoms with Gasteiger partial charge in [0, 0.05) is 29.7 Å². The second kappa shape index (κ2) is 6.30.